The number of benzene rings is 1. The number of nitrogens with zero attached hydrogens (tertiary/aromatic N) is 2. The Labute approximate surface area is 154 Å². The largest absolute Gasteiger partial charge is 0.453 e. The first-order valence-electron chi connectivity index (χ1n) is 7.41. The first-order chi connectivity index (χ1) is 11.8. The fourth-order valence-corrected chi connectivity index (χ4v) is 5.55. The van der Waals surface area contributed by atoms with Gasteiger partial charge in [-0.2, -0.15) is 4.31 Å². The second-order valence-corrected chi connectivity index (χ2v) is 8.93. The van der Waals surface area contributed by atoms with Gasteiger partial charge in [0, 0.05) is 22.9 Å². The van der Waals surface area contributed by atoms with Crippen molar-refractivity contribution in [1.29, 1.82) is 0 Å². The number of rotatable bonds is 3. The van der Waals surface area contributed by atoms with Crippen molar-refractivity contribution in [2.24, 2.45) is 0 Å². The molecule has 134 valence electrons. The van der Waals surface area contributed by atoms with E-state index in [-0.39, 0.29) is 11.4 Å². The lowest BCUT2D eigenvalue weighted by molar-refractivity contribution is 0.187. The van der Waals surface area contributed by atoms with Crippen LogP contribution in [0.1, 0.15) is 16.1 Å². The van der Waals surface area contributed by atoms with Gasteiger partial charge >= 0.3 is 6.09 Å². The Balaban J connectivity index is 1.87. The van der Waals surface area contributed by atoms with Gasteiger partial charge in [-0.25, -0.2) is 18.2 Å². The molecule has 1 aliphatic heterocycles. The lowest BCUT2D eigenvalue weighted by Crippen LogP contribution is -2.35. The molecule has 25 heavy (non-hydrogen) atoms. The summed E-state index contributed by atoms with van der Waals surface area (Å²) >= 11 is 7.21. The van der Waals surface area contributed by atoms with Crippen molar-refractivity contribution >= 4 is 44.2 Å². The number of hydrogen-bond acceptors (Lipinski definition) is 6. The quantitative estimate of drug-likeness (QED) is 0.853. The monoisotopic (exact) mass is 401 g/mol. The molecule has 0 fully saturated rings. The van der Waals surface area contributed by atoms with Gasteiger partial charge in [-0.3, -0.25) is 5.32 Å². The van der Waals surface area contributed by atoms with E-state index in [4.69, 9.17) is 11.6 Å². The lowest BCUT2D eigenvalue weighted by atomic mass is 10.2. The maximum atomic E-state index is 13.0. The van der Waals surface area contributed by atoms with Crippen molar-refractivity contribution in [1.82, 2.24) is 9.29 Å². The number of aryl methyl sites for hydroxylation is 1. The number of anilines is 1. The molecule has 2 heterocycles. The lowest BCUT2D eigenvalue weighted by Gasteiger charge is -2.26. The van der Waals surface area contributed by atoms with Crippen molar-refractivity contribution in [3.63, 3.8) is 0 Å². The van der Waals surface area contributed by atoms with Crippen LogP contribution < -0.4 is 5.32 Å². The number of nitrogens with one attached hydrogen (secondary N) is 1. The number of ether oxygens (including phenoxy) is 1. The van der Waals surface area contributed by atoms with E-state index < -0.39 is 16.1 Å². The van der Waals surface area contributed by atoms with Crippen molar-refractivity contribution in [3.05, 3.63) is 39.4 Å². The SMILES string of the molecule is COC(=O)Nc1nc2c(s1)CN(S(=O)(=O)c1cc(Cl)ccc1C)CC2. The molecule has 0 unspecified atom stereocenters. The number of halogens is 1. The molecule has 0 spiro atoms. The molecule has 0 radical (unpaired) electrons. The number of amides is 1. The normalized spacial score (nSPS) is 14.8. The van der Waals surface area contributed by atoms with Gasteiger partial charge in [-0.15, -0.1) is 0 Å². The Kier molecular flexibility index (Phi) is 5.01. The molecule has 2 aromatic rings. The van der Waals surface area contributed by atoms with Crippen molar-refractivity contribution in [3.8, 4) is 0 Å². The third-order valence-corrected chi connectivity index (χ3v) is 7.08. The van der Waals surface area contributed by atoms with Gasteiger partial charge < -0.3 is 4.74 Å². The highest BCUT2D eigenvalue weighted by molar-refractivity contribution is 7.89. The smallest absolute Gasteiger partial charge is 0.413 e. The summed E-state index contributed by atoms with van der Waals surface area (Å²) in [4.78, 5) is 16.6. The minimum Gasteiger partial charge on any atom is -0.453 e. The number of sulfonamides is 1. The highest BCUT2D eigenvalue weighted by Gasteiger charge is 2.31. The summed E-state index contributed by atoms with van der Waals surface area (Å²) in [5, 5.41) is 3.29. The maximum Gasteiger partial charge on any atom is 0.413 e. The predicted octanol–water partition coefficient (Wildman–Crippen LogP) is 3.03. The Bertz CT molecular complexity index is 927. The predicted molar refractivity (Wildman–Crippen MR) is 95.6 cm³/mol. The summed E-state index contributed by atoms with van der Waals surface area (Å²) < 4.78 is 31.9. The van der Waals surface area contributed by atoms with Gasteiger partial charge in [0.05, 0.1) is 24.2 Å². The van der Waals surface area contributed by atoms with E-state index in [2.05, 4.69) is 15.0 Å². The van der Waals surface area contributed by atoms with Crippen LogP contribution in [-0.2, 0) is 27.7 Å². The van der Waals surface area contributed by atoms with E-state index in [0.29, 0.717) is 28.7 Å². The van der Waals surface area contributed by atoms with Crippen LogP contribution in [0.5, 0.6) is 0 Å². The van der Waals surface area contributed by atoms with Crippen LogP contribution >= 0.6 is 22.9 Å². The molecular weight excluding hydrogens is 386 g/mol. The van der Waals surface area contributed by atoms with Crippen LogP contribution in [0.15, 0.2) is 23.1 Å². The molecule has 0 aliphatic carbocycles. The summed E-state index contributed by atoms with van der Waals surface area (Å²) in [5.41, 5.74) is 1.44. The molecule has 0 atom stereocenters. The fourth-order valence-electron chi connectivity index (χ4n) is 2.56. The van der Waals surface area contributed by atoms with E-state index in [1.165, 1.54) is 28.8 Å². The minimum absolute atomic E-state index is 0.209. The highest BCUT2D eigenvalue weighted by Crippen LogP contribution is 2.32. The third-order valence-electron chi connectivity index (χ3n) is 3.86. The number of carbonyl (C=O) groups is 1. The third kappa shape index (κ3) is 3.64. The second-order valence-electron chi connectivity index (χ2n) is 5.50. The van der Waals surface area contributed by atoms with Gasteiger partial charge in [0.2, 0.25) is 10.0 Å². The number of aromatic nitrogens is 1. The molecule has 0 saturated heterocycles. The van der Waals surface area contributed by atoms with E-state index in [9.17, 15) is 13.2 Å². The second kappa shape index (κ2) is 6.91. The van der Waals surface area contributed by atoms with Crippen molar-refractivity contribution < 1.29 is 17.9 Å². The molecule has 10 heteroatoms. The number of hydrogen-bond donors (Lipinski definition) is 1. The highest BCUT2D eigenvalue weighted by atomic mass is 35.5. The number of thiazole rings is 1. The molecular formula is C15H16ClN3O4S2. The van der Waals surface area contributed by atoms with E-state index in [1.54, 1.807) is 19.1 Å². The molecule has 1 aromatic carbocycles. The Morgan fingerprint density at radius 1 is 1.44 bits per heavy atom. The first-order valence-corrected chi connectivity index (χ1v) is 10.0. The van der Waals surface area contributed by atoms with Gasteiger partial charge in [0.15, 0.2) is 5.13 Å². The first kappa shape index (κ1) is 18.1. The zero-order valence-corrected chi connectivity index (χ0v) is 16.0. The molecule has 1 aliphatic rings. The van der Waals surface area contributed by atoms with Crippen LogP contribution in [0.4, 0.5) is 9.93 Å². The summed E-state index contributed by atoms with van der Waals surface area (Å²) in [6.07, 6.45) is -0.127. The van der Waals surface area contributed by atoms with Gasteiger partial charge in [-0.05, 0) is 24.6 Å². The van der Waals surface area contributed by atoms with E-state index in [1.807, 2.05) is 0 Å². The Hall–Kier alpha value is -1.68. The molecule has 1 N–H and O–H groups in total. The Morgan fingerprint density at radius 3 is 2.92 bits per heavy atom. The van der Waals surface area contributed by atoms with Gasteiger partial charge in [0.1, 0.15) is 0 Å². The zero-order valence-electron chi connectivity index (χ0n) is 13.6. The van der Waals surface area contributed by atoms with Crippen LogP contribution in [0.2, 0.25) is 5.02 Å². The number of carbonyl (C=O) groups excluding carboxylic acids is 1. The molecule has 0 bridgehead atoms. The average Bonchev–Trinajstić information content (AvgIpc) is 2.98. The molecule has 7 nitrogen and oxygen atoms in total. The zero-order chi connectivity index (χ0) is 18.2. The van der Waals surface area contributed by atoms with Gasteiger partial charge in [-0.1, -0.05) is 29.0 Å². The van der Waals surface area contributed by atoms with Crippen molar-refractivity contribution in [2.45, 2.75) is 24.8 Å². The minimum atomic E-state index is -3.66. The van der Waals surface area contributed by atoms with Crippen LogP contribution in [0.25, 0.3) is 0 Å². The van der Waals surface area contributed by atoms with Crippen molar-refractivity contribution in [2.75, 3.05) is 19.0 Å². The van der Waals surface area contributed by atoms with Crippen LogP contribution in [-0.4, -0.2) is 37.5 Å². The molecule has 1 amide bonds. The summed E-state index contributed by atoms with van der Waals surface area (Å²) in [6.45, 7) is 2.27. The van der Waals surface area contributed by atoms with E-state index >= 15 is 0 Å². The number of methoxy groups -OCH3 is 1. The topological polar surface area (TPSA) is 88.6 Å². The molecule has 3 rings (SSSR count). The van der Waals surface area contributed by atoms with Crippen LogP contribution in [0.3, 0.4) is 0 Å². The average molecular weight is 402 g/mol. The number of fused-ring (bicyclic) bond motifs is 1. The summed E-state index contributed by atoms with van der Waals surface area (Å²) in [6, 6.07) is 4.83. The molecule has 0 saturated carbocycles. The maximum absolute atomic E-state index is 13.0. The Morgan fingerprint density at radius 2 is 2.20 bits per heavy atom. The van der Waals surface area contributed by atoms with E-state index in [0.717, 1.165) is 10.6 Å². The summed E-state index contributed by atoms with van der Waals surface area (Å²) in [7, 11) is -2.39. The fraction of sp³-hybridized carbons (Fsp3) is 0.333. The standard InChI is InChI=1S/C15H16ClN3O4S2/c1-9-3-4-10(16)7-13(9)25(21,22)19-6-5-11-12(8-19)24-14(17-11)18-15(20)23-2/h3-4,7H,5-6,8H2,1-2H3,(H,17,18,20). The van der Waals surface area contributed by atoms with Gasteiger partial charge in [0.25, 0.3) is 0 Å². The van der Waals surface area contributed by atoms with Crippen LogP contribution in [0, 0.1) is 6.92 Å². The summed E-state index contributed by atoms with van der Waals surface area (Å²) in [5.74, 6) is 0. The molecule has 1 aromatic heterocycles.